The molecule has 4 heterocycles. The van der Waals surface area contributed by atoms with Crippen LogP contribution in [0.25, 0.3) is 11.2 Å². The van der Waals surface area contributed by atoms with E-state index in [0.29, 0.717) is 6.42 Å². The Labute approximate surface area is 198 Å². The maximum absolute atomic E-state index is 13.1. The summed E-state index contributed by atoms with van der Waals surface area (Å²) < 4.78 is 14.7. The summed E-state index contributed by atoms with van der Waals surface area (Å²) in [5.74, 6) is -0.797. The molecule has 0 saturated carbocycles. The summed E-state index contributed by atoms with van der Waals surface area (Å²) in [7, 11) is 2.93. The second-order valence-corrected chi connectivity index (χ2v) is 8.38. The number of hydrogen-bond donors (Lipinski definition) is 0. The molecular weight excluding hydrogens is 454 g/mol. The lowest BCUT2D eigenvalue weighted by molar-refractivity contribution is -0.150. The van der Waals surface area contributed by atoms with Crippen molar-refractivity contribution in [2.45, 2.75) is 25.6 Å². The van der Waals surface area contributed by atoms with Gasteiger partial charge in [0.2, 0.25) is 0 Å². The summed E-state index contributed by atoms with van der Waals surface area (Å²) in [6, 6.07) is 10.00. The lowest BCUT2D eigenvalue weighted by atomic mass is 9.93. The zero-order valence-corrected chi connectivity index (χ0v) is 19.2. The first-order valence-electron chi connectivity index (χ1n) is 11.1. The average Bonchev–Trinajstić information content (AvgIpc) is 3.55. The van der Waals surface area contributed by atoms with Gasteiger partial charge in [-0.2, -0.15) is 0 Å². The SMILES string of the molecule is Cn1c(=O)c2c(ncn2CCOC(=O)C2Cc3ccccc3CN2C(=O)c2ccco2)n(C)c1=O. The minimum atomic E-state index is -0.823. The first kappa shape index (κ1) is 22.4. The third kappa shape index (κ3) is 3.84. The minimum absolute atomic E-state index is 0.0444. The Morgan fingerprint density at radius 1 is 1.09 bits per heavy atom. The fourth-order valence-electron chi connectivity index (χ4n) is 4.40. The number of benzene rings is 1. The van der Waals surface area contributed by atoms with Crippen molar-refractivity contribution in [3.8, 4) is 0 Å². The minimum Gasteiger partial charge on any atom is -0.462 e. The topological polar surface area (TPSA) is 122 Å². The van der Waals surface area contributed by atoms with Crippen LogP contribution in [0.15, 0.2) is 63.0 Å². The molecule has 0 N–H and O–H groups in total. The van der Waals surface area contributed by atoms with Crippen molar-refractivity contribution in [2.75, 3.05) is 6.61 Å². The average molecular weight is 477 g/mol. The molecule has 3 aromatic heterocycles. The smallest absolute Gasteiger partial charge is 0.332 e. The molecule has 0 spiro atoms. The van der Waals surface area contributed by atoms with Gasteiger partial charge in [-0.25, -0.2) is 14.6 Å². The van der Waals surface area contributed by atoms with Gasteiger partial charge in [-0.05, 0) is 23.3 Å². The molecule has 11 nitrogen and oxygen atoms in total. The highest BCUT2D eigenvalue weighted by atomic mass is 16.5. The Morgan fingerprint density at radius 3 is 2.60 bits per heavy atom. The van der Waals surface area contributed by atoms with Crippen molar-refractivity contribution in [3.63, 3.8) is 0 Å². The van der Waals surface area contributed by atoms with E-state index in [1.54, 1.807) is 16.7 Å². The van der Waals surface area contributed by atoms with Crippen molar-refractivity contribution in [1.29, 1.82) is 0 Å². The molecule has 4 aromatic rings. The van der Waals surface area contributed by atoms with Gasteiger partial charge < -0.3 is 18.6 Å². The molecule has 180 valence electrons. The van der Waals surface area contributed by atoms with Crippen LogP contribution >= 0.6 is 0 Å². The number of carbonyl (C=O) groups is 2. The summed E-state index contributed by atoms with van der Waals surface area (Å²) in [5.41, 5.74) is 1.48. The fourth-order valence-corrected chi connectivity index (χ4v) is 4.40. The zero-order chi connectivity index (χ0) is 24.7. The number of ether oxygens (including phenoxy) is 1. The van der Waals surface area contributed by atoms with Crippen molar-refractivity contribution >= 4 is 23.0 Å². The monoisotopic (exact) mass is 477 g/mol. The lowest BCUT2D eigenvalue weighted by Crippen LogP contribution is -2.49. The van der Waals surface area contributed by atoms with Crippen LogP contribution in [-0.2, 0) is 43.1 Å². The van der Waals surface area contributed by atoms with E-state index >= 15 is 0 Å². The Hall–Kier alpha value is -4.41. The number of aromatic nitrogens is 4. The van der Waals surface area contributed by atoms with E-state index in [9.17, 15) is 19.2 Å². The van der Waals surface area contributed by atoms with E-state index in [0.717, 1.165) is 15.7 Å². The Kier molecular flexibility index (Phi) is 5.59. The van der Waals surface area contributed by atoms with E-state index in [-0.39, 0.29) is 36.6 Å². The maximum Gasteiger partial charge on any atom is 0.332 e. The summed E-state index contributed by atoms with van der Waals surface area (Å²) in [5, 5.41) is 0. The maximum atomic E-state index is 13.1. The van der Waals surface area contributed by atoms with E-state index in [1.807, 2.05) is 24.3 Å². The third-order valence-corrected chi connectivity index (χ3v) is 6.31. The summed E-state index contributed by atoms with van der Waals surface area (Å²) >= 11 is 0. The molecule has 1 aliphatic heterocycles. The Morgan fingerprint density at radius 2 is 1.86 bits per heavy atom. The first-order chi connectivity index (χ1) is 16.9. The number of fused-ring (bicyclic) bond motifs is 2. The van der Waals surface area contributed by atoms with Gasteiger partial charge in [-0.1, -0.05) is 24.3 Å². The normalized spacial score (nSPS) is 15.3. The molecule has 0 aliphatic carbocycles. The molecule has 0 fully saturated rings. The van der Waals surface area contributed by atoms with Crippen molar-refractivity contribution < 1.29 is 18.7 Å². The molecule has 1 aliphatic rings. The number of rotatable bonds is 5. The quantitative estimate of drug-likeness (QED) is 0.391. The van der Waals surface area contributed by atoms with Gasteiger partial charge in [0.25, 0.3) is 11.5 Å². The van der Waals surface area contributed by atoms with Gasteiger partial charge in [0, 0.05) is 27.1 Å². The van der Waals surface area contributed by atoms with Crippen molar-refractivity contribution in [1.82, 2.24) is 23.6 Å². The standard InChI is InChI=1S/C24H23N5O6/c1-26-20-19(22(31)27(2)24(26)33)28(14-25-20)9-11-35-23(32)17-12-15-6-3-4-7-16(15)13-29(17)21(30)18-8-5-10-34-18/h3-8,10,14,17H,9,11-13H2,1-2H3. The molecule has 11 heteroatoms. The summed E-state index contributed by atoms with van der Waals surface area (Å²) in [6.07, 6.45) is 3.16. The van der Waals surface area contributed by atoms with Crippen LogP contribution in [0.3, 0.4) is 0 Å². The van der Waals surface area contributed by atoms with Gasteiger partial charge in [-0.3, -0.25) is 18.7 Å². The number of aryl methyl sites for hydroxylation is 1. The van der Waals surface area contributed by atoms with Crippen LogP contribution in [0.1, 0.15) is 21.7 Å². The van der Waals surface area contributed by atoms with Crippen molar-refractivity contribution in [2.24, 2.45) is 14.1 Å². The van der Waals surface area contributed by atoms with Crippen LogP contribution in [0.4, 0.5) is 0 Å². The molecule has 1 amide bonds. The van der Waals surface area contributed by atoms with Gasteiger partial charge in [0.1, 0.15) is 12.6 Å². The molecule has 0 saturated heterocycles. The highest BCUT2D eigenvalue weighted by molar-refractivity contribution is 5.95. The zero-order valence-electron chi connectivity index (χ0n) is 19.2. The number of nitrogens with zero attached hydrogens (tertiary/aromatic N) is 5. The van der Waals surface area contributed by atoms with Crippen molar-refractivity contribution in [3.05, 3.63) is 86.7 Å². The number of carbonyl (C=O) groups excluding carboxylic acids is 2. The van der Waals surface area contributed by atoms with Gasteiger partial charge in [0.15, 0.2) is 16.9 Å². The number of amides is 1. The molecular formula is C24H23N5O6. The van der Waals surface area contributed by atoms with Gasteiger partial charge in [0.05, 0.1) is 19.1 Å². The van der Waals surface area contributed by atoms with Crippen LogP contribution in [-0.4, -0.2) is 48.1 Å². The van der Waals surface area contributed by atoms with Gasteiger partial charge >= 0.3 is 11.7 Å². The van der Waals surface area contributed by atoms with E-state index in [1.165, 1.54) is 36.2 Å². The van der Waals surface area contributed by atoms with Crippen LogP contribution < -0.4 is 11.2 Å². The highest BCUT2D eigenvalue weighted by Crippen LogP contribution is 2.26. The molecule has 0 bridgehead atoms. The second-order valence-electron chi connectivity index (χ2n) is 8.38. The summed E-state index contributed by atoms with van der Waals surface area (Å²) in [4.78, 5) is 56.5. The fraction of sp³-hybridized carbons (Fsp3) is 0.292. The summed E-state index contributed by atoms with van der Waals surface area (Å²) in [6.45, 7) is 0.369. The molecule has 0 radical (unpaired) electrons. The molecule has 1 unspecified atom stereocenters. The molecule has 5 rings (SSSR count). The highest BCUT2D eigenvalue weighted by Gasteiger charge is 2.37. The van der Waals surface area contributed by atoms with Gasteiger partial charge in [-0.15, -0.1) is 0 Å². The number of furan rings is 1. The van der Waals surface area contributed by atoms with E-state index < -0.39 is 29.2 Å². The Balaban J connectivity index is 1.35. The third-order valence-electron chi connectivity index (χ3n) is 6.31. The van der Waals surface area contributed by atoms with E-state index in [4.69, 9.17) is 9.15 Å². The Bertz CT molecular complexity index is 1540. The largest absolute Gasteiger partial charge is 0.462 e. The predicted octanol–water partition coefficient (Wildman–Crippen LogP) is 0.837. The van der Waals surface area contributed by atoms with Crippen LogP contribution in [0, 0.1) is 0 Å². The molecule has 1 atom stereocenters. The molecule has 1 aromatic carbocycles. The predicted molar refractivity (Wildman–Crippen MR) is 124 cm³/mol. The first-order valence-corrected chi connectivity index (χ1v) is 11.1. The second kappa shape index (κ2) is 8.75. The molecule has 35 heavy (non-hydrogen) atoms. The van der Waals surface area contributed by atoms with Crippen LogP contribution in [0.5, 0.6) is 0 Å². The number of hydrogen-bond acceptors (Lipinski definition) is 7. The van der Waals surface area contributed by atoms with E-state index in [2.05, 4.69) is 4.98 Å². The number of esters is 1. The van der Waals surface area contributed by atoms with Crippen LogP contribution in [0.2, 0.25) is 0 Å². The number of imidazole rings is 1. The lowest BCUT2D eigenvalue weighted by Gasteiger charge is -2.34.